The molecule has 1 fully saturated rings. The minimum Gasteiger partial charge on any atom is -0.379 e. The zero-order valence-electron chi connectivity index (χ0n) is 14.1. The van der Waals surface area contributed by atoms with E-state index in [2.05, 4.69) is 26.3 Å². The molecule has 0 aliphatic carbocycles. The second-order valence-electron chi connectivity index (χ2n) is 6.01. The van der Waals surface area contributed by atoms with E-state index in [9.17, 15) is 0 Å². The average molecular weight is 335 g/mol. The highest BCUT2D eigenvalue weighted by atomic mass is 16.5. The molecule has 0 spiro atoms. The van der Waals surface area contributed by atoms with E-state index in [1.165, 1.54) is 0 Å². The first kappa shape index (κ1) is 15.9. The van der Waals surface area contributed by atoms with Gasteiger partial charge in [0, 0.05) is 37.8 Å². The molecule has 3 aromatic rings. The van der Waals surface area contributed by atoms with Crippen molar-refractivity contribution in [1.82, 2.24) is 19.9 Å². The number of hydrogen-bond donors (Lipinski definition) is 1. The highest BCUT2D eigenvalue weighted by molar-refractivity contribution is 5.90. The maximum absolute atomic E-state index is 5.40. The summed E-state index contributed by atoms with van der Waals surface area (Å²) in [5, 5.41) is 4.52. The van der Waals surface area contributed by atoms with Crippen LogP contribution >= 0.6 is 0 Å². The first-order chi connectivity index (χ1) is 12.4. The van der Waals surface area contributed by atoms with Crippen LogP contribution < -0.4 is 5.32 Å². The van der Waals surface area contributed by atoms with E-state index in [4.69, 9.17) is 9.72 Å². The summed E-state index contributed by atoms with van der Waals surface area (Å²) in [6, 6.07) is 13.8. The molecular formula is C19H21N5O. The molecule has 1 N–H and O–H groups in total. The van der Waals surface area contributed by atoms with Gasteiger partial charge >= 0.3 is 0 Å². The minimum atomic E-state index is 0.646. The van der Waals surface area contributed by atoms with Gasteiger partial charge in [0.1, 0.15) is 11.5 Å². The maximum atomic E-state index is 5.40. The lowest BCUT2D eigenvalue weighted by Crippen LogP contribution is -2.39. The number of morpholine rings is 1. The molecule has 6 heteroatoms. The van der Waals surface area contributed by atoms with Gasteiger partial charge in [0.05, 0.1) is 18.7 Å². The van der Waals surface area contributed by atoms with Crippen molar-refractivity contribution in [2.24, 2.45) is 0 Å². The molecule has 1 aromatic carbocycles. The van der Waals surface area contributed by atoms with Crippen molar-refractivity contribution in [1.29, 1.82) is 0 Å². The van der Waals surface area contributed by atoms with Crippen LogP contribution in [0.4, 0.5) is 5.82 Å². The lowest BCUT2D eigenvalue weighted by molar-refractivity contribution is 0.0398. The molecule has 1 saturated heterocycles. The van der Waals surface area contributed by atoms with Gasteiger partial charge in [0.25, 0.3) is 0 Å². The van der Waals surface area contributed by atoms with Crippen LogP contribution in [0.25, 0.3) is 22.4 Å². The van der Waals surface area contributed by atoms with Crippen LogP contribution in [-0.4, -0.2) is 59.2 Å². The van der Waals surface area contributed by atoms with Gasteiger partial charge in [0.15, 0.2) is 5.82 Å². The number of aromatic nitrogens is 3. The van der Waals surface area contributed by atoms with Crippen molar-refractivity contribution in [3.05, 3.63) is 48.7 Å². The molecule has 6 nitrogen and oxygen atoms in total. The number of hydrogen-bond acceptors (Lipinski definition) is 6. The summed E-state index contributed by atoms with van der Waals surface area (Å²) in [7, 11) is 0. The molecule has 0 radical (unpaired) electrons. The third-order valence-electron chi connectivity index (χ3n) is 4.32. The van der Waals surface area contributed by atoms with Gasteiger partial charge in [-0.2, -0.15) is 0 Å². The standard InChI is InChI=1S/C19H21N5O/c1-2-6-16-15(5-1)18(21-9-10-24-11-13-25-14-12-24)23-19(22-16)17-7-3-4-8-20-17/h1-8H,9-14H2,(H,21,22,23). The van der Waals surface area contributed by atoms with Crippen molar-refractivity contribution >= 4 is 16.7 Å². The normalized spacial score (nSPS) is 15.4. The second kappa shape index (κ2) is 7.55. The Morgan fingerprint density at radius 2 is 1.84 bits per heavy atom. The first-order valence-electron chi connectivity index (χ1n) is 8.62. The van der Waals surface area contributed by atoms with Gasteiger partial charge in [-0.1, -0.05) is 18.2 Å². The fraction of sp³-hybridized carbons (Fsp3) is 0.316. The Morgan fingerprint density at radius 3 is 2.68 bits per heavy atom. The predicted molar refractivity (Wildman–Crippen MR) is 98.5 cm³/mol. The van der Waals surface area contributed by atoms with Gasteiger partial charge in [-0.15, -0.1) is 0 Å². The molecule has 1 aliphatic heterocycles. The Balaban J connectivity index is 1.58. The quantitative estimate of drug-likeness (QED) is 0.773. The molecule has 0 unspecified atom stereocenters. The molecule has 0 atom stereocenters. The number of para-hydroxylation sites is 1. The van der Waals surface area contributed by atoms with Crippen molar-refractivity contribution in [3.8, 4) is 11.5 Å². The summed E-state index contributed by atoms with van der Waals surface area (Å²) >= 11 is 0. The number of anilines is 1. The molecule has 0 bridgehead atoms. The molecule has 0 saturated carbocycles. The molecule has 3 heterocycles. The number of benzene rings is 1. The molecule has 25 heavy (non-hydrogen) atoms. The number of ether oxygens (including phenoxy) is 1. The van der Waals surface area contributed by atoms with E-state index in [-0.39, 0.29) is 0 Å². The summed E-state index contributed by atoms with van der Waals surface area (Å²) in [4.78, 5) is 16.2. The topological polar surface area (TPSA) is 63.2 Å². The third kappa shape index (κ3) is 3.75. The molecular weight excluding hydrogens is 314 g/mol. The number of fused-ring (bicyclic) bond motifs is 1. The smallest absolute Gasteiger partial charge is 0.180 e. The number of nitrogens with zero attached hydrogens (tertiary/aromatic N) is 4. The number of pyridine rings is 1. The zero-order chi connectivity index (χ0) is 16.9. The first-order valence-corrected chi connectivity index (χ1v) is 8.62. The van der Waals surface area contributed by atoms with E-state index < -0.39 is 0 Å². The van der Waals surface area contributed by atoms with Gasteiger partial charge in [0.2, 0.25) is 0 Å². The highest BCUT2D eigenvalue weighted by Crippen LogP contribution is 2.23. The average Bonchev–Trinajstić information content (AvgIpc) is 2.69. The molecule has 4 rings (SSSR count). The summed E-state index contributed by atoms with van der Waals surface area (Å²) in [6.07, 6.45) is 1.76. The SMILES string of the molecule is c1ccc(-c2nc(NCCN3CCOCC3)c3ccccc3n2)nc1. The monoisotopic (exact) mass is 335 g/mol. The van der Waals surface area contributed by atoms with Crippen LogP contribution in [-0.2, 0) is 4.74 Å². The van der Waals surface area contributed by atoms with E-state index in [0.717, 1.165) is 61.8 Å². The largest absolute Gasteiger partial charge is 0.379 e. The summed E-state index contributed by atoms with van der Waals surface area (Å²) in [5.41, 5.74) is 1.71. The molecule has 128 valence electrons. The Labute approximate surface area is 146 Å². The highest BCUT2D eigenvalue weighted by Gasteiger charge is 2.12. The van der Waals surface area contributed by atoms with E-state index in [0.29, 0.717) is 5.82 Å². The van der Waals surface area contributed by atoms with Gasteiger partial charge < -0.3 is 10.1 Å². The van der Waals surface area contributed by atoms with Gasteiger partial charge in [-0.05, 0) is 24.3 Å². The maximum Gasteiger partial charge on any atom is 0.180 e. The number of nitrogens with one attached hydrogen (secondary N) is 1. The number of rotatable bonds is 5. The predicted octanol–water partition coefficient (Wildman–Crippen LogP) is 2.44. The Hall–Kier alpha value is -2.57. The Morgan fingerprint density at radius 1 is 1.00 bits per heavy atom. The summed E-state index contributed by atoms with van der Waals surface area (Å²) in [5.74, 6) is 1.51. The fourth-order valence-electron chi connectivity index (χ4n) is 2.98. The van der Waals surface area contributed by atoms with Crippen molar-refractivity contribution in [2.75, 3.05) is 44.7 Å². The summed E-state index contributed by atoms with van der Waals surface area (Å²) in [6.45, 7) is 5.43. The van der Waals surface area contributed by atoms with Crippen LogP contribution in [0.5, 0.6) is 0 Å². The lowest BCUT2D eigenvalue weighted by Gasteiger charge is -2.26. The van der Waals surface area contributed by atoms with Crippen LogP contribution in [0.2, 0.25) is 0 Å². The van der Waals surface area contributed by atoms with E-state index in [1.54, 1.807) is 6.20 Å². The molecule has 2 aromatic heterocycles. The molecule has 0 amide bonds. The van der Waals surface area contributed by atoms with Gasteiger partial charge in [-0.25, -0.2) is 9.97 Å². The third-order valence-corrected chi connectivity index (χ3v) is 4.32. The lowest BCUT2D eigenvalue weighted by atomic mass is 10.2. The minimum absolute atomic E-state index is 0.646. The van der Waals surface area contributed by atoms with Crippen LogP contribution in [0.1, 0.15) is 0 Å². The molecule has 1 aliphatic rings. The second-order valence-corrected chi connectivity index (χ2v) is 6.01. The van der Waals surface area contributed by atoms with E-state index in [1.807, 2.05) is 36.4 Å². The van der Waals surface area contributed by atoms with Crippen LogP contribution in [0.15, 0.2) is 48.7 Å². The van der Waals surface area contributed by atoms with Crippen molar-refractivity contribution in [3.63, 3.8) is 0 Å². The van der Waals surface area contributed by atoms with Crippen molar-refractivity contribution in [2.45, 2.75) is 0 Å². The van der Waals surface area contributed by atoms with Crippen LogP contribution in [0.3, 0.4) is 0 Å². The van der Waals surface area contributed by atoms with E-state index >= 15 is 0 Å². The zero-order valence-corrected chi connectivity index (χ0v) is 14.1. The fourth-order valence-corrected chi connectivity index (χ4v) is 2.98. The summed E-state index contributed by atoms with van der Waals surface area (Å²) < 4.78 is 5.40. The van der Waals surface area contributed by atoms with Crippen LogP contribution in [0, 0.1) is 0 Å². The van der Waals surface area contributed by atoms with Gasteiger partial charge in [-0.3, -0.25) is 9.88 Å². The Kier molecular flexibility index (Phi) is 4.81. The Bertz CT molecular complexity index is 834. The van der Waals surface area contributed by atoms with Crippen molar-refractivity contribution < 1.29 is 4.74 Å².